The van der Waals surface area contributed by atoms with Gasteiger partial charge in [0, 0.05) is 12.2 Å². The van der Waals surface area contributed by atoms with Crippen LogP contribution in [0.25, 0.3) is 17.1 Å². The minimum absolute atomic E-state index is 0.0529. The number of para-hydroxylation sites is 1. The van der Waals surface area contributed by atoms with Crippen LogP contribution < -0.4 is 10.1 Å². The van der Waals surface area contributed by atoms with Crippen LogP contribution in [0, 0.1) is 13.8 Å². The van der Waals surface area contributed by atoms with Gasteiger partial charge in [-0.15, -0.1) is 10.2 Å². The topological polar surface area (TPSA) is 69.0 Å². The van der Waals surface area contributed by atoms with Crippen LogP contribution in [0.5, 0.6) is 5.75 Å². The van der Waals surface area contributed by atoms with E-state index in [4.69, 9.17) is 4.74 Å². The van der Waals surface area contributed by atoms with E-state index in [1.54, 1.807) is 7.11 Å². The summed E-state index contributed by atoms with van der Waals surface area (Å²) < 4.78 is 7.55. The largest absolute Gasteiger partial charge is 0.496 e. The zero-order chi connectivity index (χ0) is 24.1. The second-order valence-corrected chi connectivity index (χ2v) is 9.45. The van der Waals surface area contributed by atoms with Gasteiger partial charge in [0.05, 0.1) is 17.9 Å². The Kier molecular flexibility index (Phi) is 7.33. The maximum Gasteiger partial charge on any atom is 0.233 e. The molecule has 174 valence electrons. The average molecular weight is 473 g/mol. The molecule has 3 aromatic carbocycles. The van der Waals surface area contributed by atoms with E-state index >= 15 is 0 Å². The van der Waals surface area contributed by atoms with Crippen LogP contribution in [-0.2, 0) is 11.3 Å². The maximum atomic E-state index is 12.8. The number of thioether (sulfide) groups is 1. The van der Waals surface area contributed by atoms with E-state index < -0.39 is 0 Å². The first kappa shape index (κ1) is 23.6. The van der Waals surface area contributed by atoms with E-state index in [1.165, 1.54) is 17.3 Å². The van der Waals surface area contributed by atoms with Gasteiger partial charge in [0.15, 0.2) is 11.0 Å². The molecule has 0 bridgehead atoms. The number of methoxy groups -OCH3 is 1. The molecule has 0 spiro atoms. The summed E-state index contributed by atoms with van der Waals surface area (Å²) in [6, 6.07) is 24.0. The third kappa shape index (κ3) is 5.31. The second kappa shape index (κ2) is 10.6. The molecule has 1 heterocycles. The van der Waals surface area contributed by atoms with Crippen molar-refractivity contribution in [2.75, 3.05) is 7.11 Å². The van der Waals surface area contributed by atoms with Crippen molar-refractivity contribution in [3.05, 3.63) is 89.5 Å². The lowest BCUT2D eigenvalue weighted by atomic mass is 10.1. The van der Waals surface area contributed by atoms with Gasteiger partial charge in [-0.1, -0.05) is 71.4 Å². The summed E-state index contributed by atoms with van der Waals surface area (Å²) >= 11 is 1.38. The fourth-order valence-electron chi connectivity index (χ4n) is 3.53. The first-order valence-electron chi connectivity index (χ1n) is 11.1. The highest BCUT2D eigenvalue weighted by Crippen LogP contribution is 2.34. The van der Waals surface area contributed by atoms with Crippen LogP contribution in [0.2, 0.25) is 0 Å². The van der Waals surface area contributed by atoms with Gasteiger partial charge in [-0.2, -0.15) is 0 Å². The Morgan fingerprint density at radius 3 is 2.29 bits per heavy atom. The highest BCUT2D eigenvalue weighted by atomic mass is 32.2. The van der Waals surface area contributed by atoms with Crippen molar-refractivity contribution in [1.29, 1.82) is 0 Å². The molecular formula is C27H28N4O2S. The number of nitrogens with one attached hydrogen (secondary N) is 1. The average Bonchev–Trinajstić information content (AvgIpc) is 3.27. The van der Waals surface area contributed by atoms with Gasteiger partial charge in [0.25, 0.3) is 0 Å². The Bertz CT molecular complexity index is 1270. The highest BCUT2D eigenvalue weighted by molar-refractivity contribution is 8.00. The molecule has 4 aromatic rings. The third-order valence-corrected chi connectivity index (χ3v) is 6.55. The first-order valence-corrected chi connectivity index (χ1v) is 12.0. The van der Waals surface area contributed by atoms with Crippen molar-refractivity contribution >= 4 is 17.7 Å². The van der Waals surface area contributed by atoms with Gasteiger partial charge in [-0.25, -0.2) is 0 Å². The minimum atomic E-state index is -0.357. The number of nitrogens with zero attached hydrogens (tertiary/aromatic N) is 3. The van der Waals surface area contributed by atoms with Gasteiger partial charge in [-0.3, -0.25) is 9.36 Å². The van der Waals surface area contributed by atoms with Crippen molar-refractivity contribution in [2.45, 2.75) is 37.7 Å². The van der Waals surface area contributed by atoms with E-state index in [2.05, 4.69) is 15.5 Å². The van der Waals surface area contributed by atoms with Crippen molar-refractivity contribution in [3.63, 3.8) is 0 Å². The predicted molar refractivity (Wildman–Crippen MR) is 136 cm³/mol. The zero-order valence-corrected chi connectivity index (χ0v) is 20.6. The molecular weight excluding hydrogens is 444 g/mol. The van der Waals surface area contributed by atoms with E-state index in [-0.39, 0.29) is 11.2 Å². The Labute approximate surface area is 204 Å². The Balaban J connectivity index is 1.61. The number of aryl methyl sites for hydroxylation is 2. The molecule has 0 aliphatic heterocycles. The molecule has 0 saturated heterocycles. The van der Waals surface area contributed by atoms with Crippen LogP contribution in [0.15, 0.2) is 78.0 Å². The standard InChI is InChI=1S/C27H28N4O2S/c1-18-9-13-21(14-10-18)17-28-26(32)20(3)34-27-30-29-25(23-7-5-6-8-24(23)33-4)31(27)22-15-11-19(2)12-16-22/h5-16,20H,17H2,1-4H3,(H,28,32). The van der Waals surface area contributed by atoms with E-state index in [9.17, 15) is 4.79 Å². The molecule has 34 heavy (non-hydrogen) atoms. The fourth-order valence-corrected chi connectivity index (χ4v) is 4.42. The summed E-state index contributed by atoms with van der Waals surface area (Å²) in [5.74, 6) is 1.32. The summed E-state index contributed by atoms with van der Waals surface area (Å²) in [7, 11) is 1.64. The SMILES string of the molecule is COc1ccccc1-c1nnc(SC(C)C(=O)NCc2ccc(C)cc2)n1-c1ccc(C)cc1. The van der Waals surface area contributed by atoms with Gasteiger partial charge < -0.3 is 10.1 Å². The van der Waals surface area contributed by atoms with Gasteiger partial charge in [0.1, 0.15) is 5.75 Å². The minimum Gasteiger partial charge on any atom is -0.496 e. The fraction of sp³-hybridized carbons (Fsp3) is 0.222. The van der Waals surface area contributed by atoms with Crippen molar-refractivity contribution in [3.8, 4) is 22.8 Å². The van der Waals surface area contributed by atoms with Gasteiger partial charge in [0.2, 0.25) is 5.91 Å². The molecule has 0 saturated carbocycles. The Morgan fingerprint density at radius 2 is 1.62 bits per heavy atom. The number of amides is 1. The number of benzene rings is 3. The highest BCUT2D eigenvalue weighted by Gasteiger charge is 2.23. The lowest BCUT2D eigenvalue weighted by Gasteiger charge is -2.15. The monoisotopic (exact) mass is 472 g/mol. The quantitative estimate of drug-likeness (QED) is 0.350. The molecule has 7 heteroatoms. The smallest absolute Gasteiger partial charge is 0.233 e. The number of hydrogen-bond donors (Lipinski definition) is 1. The number of hydrogen-bond acceptors (Lipinski definition) is 5. The van der Waals surface area contributed by atoms with Gasteiger partial charge in [-0.05, 0) is 50.6 Å². The molecule has 6 nitrogen and oxygen atoms in total. The molecule has 0 aliphatic carbocycles. The molecule has 1 N–H and O–H groups in total. The van der Waals surface area contributed by atoms with Crippen molar-refractivity contribution < 1.29 is 9.53 Å². The number of ether oxygens (including phenoxy) is 1. The lowest BCUT2D eigenvalue weighted by Crippen LogP contribution is -2.30. The Hall–Kier alpha value is -3.58. The maximum absolute atomic E-state index is 12.8. The molecule has 4 rings (SSSR count). The van der Waals surface area contributed by atoms with Crippen LogP contribution in [0.1, 0.15) is 23.6 Å². The van der Waals surface area contributed by atoms with Crippen molar-refractivity contribution in [2.24, 2.45) is 0 Å². The van der Waals surface area contributed by atoms with Crippen molar-refractivity contribution in [1.82, 2.24) is 20.1 Å². The van der Waals surface area contributed by atoms with Crippen LogP contribution in [0.4, 0.5) is 0 Å². The molecule has 0 aliphatic rings. The summed E-state index contributed by atoms with van der Waals surface area (Å²) in [5.41, 5.74) is 5.18. The van der Waals surface area contributed by atoms with E-state index in [0.717, 1.165) is 22.4 Å². The zero-order valence-electron chi connectivity index (χ0n) is 19.8. The Morgan fingerprint density at radius 1 is 0.971 bits per heavy atom. The third-order valence-electron chi connectivity index (χ3n) is 5.51. The number of carbonyl (C=O) groups is 1. The molecule has 0 radical (unpaired) electrons. The predicted octanol–water partition coefficient (Wildman–Crippen LogP) is 5.36. The number of aromatic nitrogens is 3. The molecule has 1 amide bonds. The molecule has 0 fully saturated rings. The van der Waals surface area contributed by atoms with Crippen LogP contribution in [-0.4, -0.2) is 33.0 Å². The molecule has 1 aromatic heterocycles. The normalized spacial score (nSPS) is 11.8. The summed E-state index contributed by atoms with van der Waals surface area (Å²) in [5, 5.41) is 12.3. The number of carbonyl (C=O) groups excluding carboxylic acids is 1. The molecule has 1 atom stereocenters. The van der Waals surface area contributed by atoms with Gasteiger partial charge >= 0.3 is 0 Å². The van der Waals surface area contributed by atoms with E-state index in [0.29, 0.717) is 23.3 Å². The lowest BCUT2D eigenvalue weighted by molar-refractivity contribution is -0.120. The van der Waals surface area contributed by atoms with E-state index in [1.807, 2.05) is 98.1 Å². The summed E-state index contributed by atoms with van der Waals surface area (Å²) in [4.78, 5) is 12.8. The summed E-state index contributed by atoms with van der Waals surface area (Å²) in [6.07, 6.45) is 0. The second-order valence-electron chi connectivity index (χ2n) is 8.14. The number of rotatable bonds is 8. The molecule has 1 unspecified atom stereocenters. The van der Waals surface area contributed by atoms with Crippen LogP contribution >= 0.6 is 11.8 Å². The summed E-state index contributed by atoms with van der Waals surface area (Å²) in [6.45, 7) is 6.46. The van der Waals surface area contributed by atoms with Crippen LogP contribution in [0.3, 0.4) is 0 Å². The first-order chi connectivity index (χ1) is 16.5.